The summed E-state index contributed by atoms with van der Waals surface area (Å²) in [6.07, 6.45) is 0. The molecule has 0 bridgehead atoms. The number of anilines is 2. The van der Waals surface area contributed by atoms with Crippen molar-refractivity contribution >= 4 is 23.2 Å². The highest BCUT2D eigenvalue weighted by molar-refractivity contribution is 6.04. The molecule has 2 N–H and O–H groups in total. The van der Waals surface area contributed by atoms with E-state index in [1.54, 1.807) is 62.8 Å². The number of carbonyl (C=O) groups excluding carboxylic acids is 2. The first-order valence-electron chi connectivity index (χ1n) is 9.61. The summed E-state index contributed by atoms with van der Waals surface area (Å²) in [5, 5.41) is 5.53. The zero-order chi connectivity index (χ0) is 22.2. The Kier molecular flexibility index (Phi) is 7.11. The molecule has 0 radical (unpaired) electrons. The minimum Gasteiger partial charge on any atom is -0.497 e. The summed E-state index contributed by atoms with van der Waals surface area (Å²) in [4.78, 5) is 23.8. The normalized spacial score (nSPS) is 10.2. The fourth-order valence-electron chi connectivity index (χ4n) is 2.93. The van der Waals surface area contributed by atoms with Crippen LogP contribution in [0.2, 0.25) is 0 Å². The summed E-state index contributed by atoms with van der Waals surface area (Å²) in [7, 11) is 3.17. The molecule has 0 spiro atoms. The van der Waals surface area contributed by atoms with Crippen LogP contribution >= 0.6 is 0 Å². The molecule has 2 amide bonds. The molecule has 7 heteroatoms. The third-order valence-corrected chi connectivity index (χ3v) is 4.44. The Balaban J connectivity index is 1.71. The van der Waals surface area contributed by atoms with Gasteiger partial charge in [-0.1, -0.05) is 6.07 Å². The third kappa shape index (κ3) is 5.99. The van der Waals surface area contributed by atoms with E-state index in [0.717, 1.165) is 5.56 Å². The summed E-state index contributed by atoms with van der Waals surface area (Å²) >= 11 is 0. The van der Waals surface area contributed by atoms with E-state index < -0.39 is 0 Å². The van der Waals surface area contributed by atoms with Crippen molar-refractivity contribution in [2.24, 2.45) is 0 Å². The second kappa shape index (κ2) is 10.2. The number of hydrogen-bond acceptors (Lipinski definition) is 5. The second-order valence-electron chi connectivity index (χ2n) is 6.71. The number of carbonyl (C=O) groups is 2. The number of amides is 2. The summed E-state index contributed by atoms with van der Waals surface area (Å²) < 4.78 is 16.5. The van der Waals surface area contributed by atoms with Crippen LogP contribution in [0.1, 0.15) is 22.8 Å². The molecule has 0 atom stereocenters. The van der Waals surface area contributed by atoms with Crippen LogP contribution in [0, 0.1) is 0 Å². The molecule has 0 saturated carbocycles. The molecule has 31 heavy (non-hydrogen) atoms. The average Bonchev–Trinajstić information content (AvgIpc) is 2.78. The van der Waals surface area contributed by atoms with Crippen LogP contribution in [0.5, 0.6) is 17.2 Å². The predicted molar refractivity (Wildman–Crippen MR) is 119 cm³/mol. The minimum atomic E-state index is -0.266. The Hall–Kier alpha value is -4.00. The zero-order valence-corrected chi connectivity index (χ0v) is 17.6. The SMILES string of the molecule is COc1cccc(OCc2cc(C(=O)Nc3ccc(NC(C)=O)cc3)ccc2OC)c1. The van der Waals surface area contributed by atoms with E-state index >= 15 is 0 Å². The lowest BCUT2D eigenvalue weighted by Gasteiger charge is -2.13. The van der Waals surface area contributed by atoms with E-state index in [0.29, 0.717) is 34.2 Å². The number of ether oxygens (including phenoxy) is 3. The molecule has 0 aliphatic heterocycles. The standard InChI is InChI=1S/C24H24N2O5/c1-16(27)25-19-8-10-20(11-9-19)26-24(28)17-7-12-23(30-3)18(13-17)15-31-22-6-4-5-21(14-22)29-2/h4-14H,15H2,1-3H3,(H,25,27)(H,26,28). The lowest BCUT2D eigenvalue weighted by molar-refractivity contribution is -0.114. The van der Waals surface area contributed by atoms with E-state index in [1.807, 2.05) is 18.2 Å². The van der Waals surface area contributed by atoms with Crippen molar-refractivity contribution in [2.75, 3.05) is 24.9 Å². The first kappa shape index (κ1) is 21.7. The Labute approximate surface area is 180 Å². The third-order valence-electron chi connectivity index (χ3n) is 4.44. The predicted octanol–water partition coefficient (Wildman–Crippen LogP) is 4.49. The van der Waals surface area contributed by atoms with Gasteiger partial charge < -0.3 is 24.8 Å². The number of nitrogens with one attached hydrogen (secondary N) is 2. The van der Waals surface area contributed by atoms with Gasteiger partial charge in [0.1, 0.15) is 23.9 Å². The van der Waals surface area contributed by atoms with Crippen LogP contribution < -0.4 is 24.8 Å². The summed E-state index contributed by atoms with van der Waals surface area (Å²) in [5.74, 6) is 1.55. The van der Waals surface area contributed by atoms with Crippen molar-refractivity contribution < 1.29 is 23.8 Å². The monoisotopic (exact) mass is 420 g/mol. The Bertz CT molecular complexity index is 1060. The molecule has 0 heterocycles. The van der Waals surface area contributed by atoms with E-state index in [-0.39, 0.29) is 18.4 Å². The molecule has 3 aromatic carbocycles. The van der Waals surface area contributed by atoms with Gasteiger partial charge in [-0.15, -0.1) is 0 Å². The molecule has 3 aromatic rings. The molecule has 3 rings (SSSR count). The smallest absolute Gasteiger partial charge is 0.255 e. The Morgan fingerprint density at radius 3 is 2.13 bits per heavy atom. The van der Waals surface area contributed by atoms with Gasteiger partial charge in [-0.2, -0.15) is 0 Å². The van der Waals surface area contributed by atoms with Crippen LogP contribution in [0.3, 0.4) is 0 Å². The average molecular weight is 420 g/mol. The van der Waals surface area contributed by atoms with Gasteiger partial charge in [0.25, 0.3) is 5.91 Å². The lowest BCUT2D eigenvalue weighted by atomic mass is 10.1. The fraction of sp³-hybridized carbons (Fsp3) is 0.167. The topological polar surface area (TPSA) is 85.9 Å². The summed E-state index contributed by atoms with van der Waals surface area (Å²) in [5.41, 5.74) is 2.48. The van der Waals surface area contributed by atoms with Gasteiger partial charge >= 0.3 is 0 Å². The molecular formula is C24H24N2O5. The van der Waals surface area contributed by atoms with Gasteiger partial charge in [-0.25, -0.2) is 0 Å². The highest BCUT2D eigenvalue weighted by Crippen LogP contribution is 2.25. The van der Waals surface area contributed by atoms with Crippen molar-refractivity contribution in [3.63, 3.8) is 0 Å². The van der Waals surface area contributed by atoms with Crippen LogP contribution in [0.4, 0.5) is 11.4 Å². The maximum atomic E-state index is 12.7. The molecule has 0 unspecified atom stereocenters. The molecule has 160 valence electrons. The highest BCUT2D eigenvalue weighted by atomic mass is 16.5. The maximum Gasteiger partial charge on any atom is 0.255 e. The number of methoxy groups -OCH3 is 2. The van der Waals surface area contributed by atoms with E-state index in [4.69, 9.17) is 14.2 Å². The van der Waals surface area contributed by atoms with Gasteiger partial charge in [0.2, 0.25) is 5.91 Å². The van der Waals surface area contributed by atoms with Gasteiger partial charge in [-0.3, -0.25) is 9.59 Å². The van der Waals surface area contributed by atoms with Crippen LogP contribution in [-0.4, -0.2) is 26.0 Å². The van der Waals surface area contributed by atoms with Gasteiger partial charge in [-0.05, 0) is 54.6 Å². The van der Waals surface area contributed by atoms with Gasteiger partial charge in [0.05, 0.1) is 14.2 Å². The van der Waals surface area contributed by atoms with Crippen LogP contribution in [0.25, 0.3) is 0 Å². The molecule has 0 aromatic heterocycles. The maximum absolute atomic E-state index is 12.7. The quantitative estimate of drug-likeness (QED) is 0.561. The summed E-state index contributed by atoms with van der Waals surface area (Å²) in [6, 6.07) is 19.3. The van der Waals surface area contributed by atoms with Crippen molar-refractivity contribution in [1.29, 1.82) is 0 Å². The first-order chi connectivity index (χ1) is 15.0. The van der Waals surface area contributed by atoms with Crippen molar-refractivity contribution in [1.82, 2.24) is 0 Å². The van der Waals surface area contributed by atoms with Gasteiger partial charge in [0, 0.05) is 35.5 Å². The van der Waals surface area contributed by atoms with Crippen molar-refractivity contribution in [2.45, 2.75) is 13.5 Å². The van der Waals surface area contributed by atoms with Crippen molar-refractivity contribution in [3.8, 4) is 17.2 Å². The molecule has 0 fully saturated rings. The zero-order valence-electron chi connectivity index (χ0n) is 17.6. The fourth-order valence-corrected chi connectivity index (χ4v) is 2.93. The second-order valence-corrected chi connectivity index (χ2v) is 6.71. The lowest BCUT2D eigenvalue weighted by Crippen LogP contribution is -2.13. The highest BCUT2D eigenvalue weighted by Gasteiger charge is 2.12. The van der Waals surface area contributed by atoms with Crippen molar-refractivity contribution in [3.05, 3.63) is 77.9 Å². The number of rotatable bonds is 8. The molecule has 7 nitrogen and oxygen atoms in total. The van der Waals surface area contributed by atoms with E-state index in [2.05, 4.69) is 10.6 Å². The molecule has 0 aliphatic rings. The Morgan fingerprint density at radius 2 is 1.48 bits per heavy atom. The molecular weight excluding hydrogens is 396 g/mol. The van der Waals surface area contributed by atoms with Crippen LogP contribution in [-0.2, 0) is 11.4 Å². The Morgan fingerprint density at radius 1 is 0.806 bits per heavy atom. The minimum absolute atomic E-state index is 0.154. The molecule has 0 saturated heterocycles. The first-order valence-corrected chi connectivity index (χ1v) is 9.61. The summed E-state index contributed by atoms with van der Waals surface area (Å²) in [6.45, 7) is 1.66. The van der Waals surface area contributed by atoms with Gasteiger partial charge in [0.15, 0.2) is 0 Å². The van der Waals surface area contributed by atoms with E-state index in [9.17, 15) is 9.59 Å². The molecule has 0 aliphatic carbocycles. The number of hydrogen-bond donors (Lipinski definition) is 2. The largest absolute Gasteiger partial charge is 0.497 e. The van der Waals surface area contributed by atoms with Crippen LogP contribution in [0.15, 0.2) is 66.7 Å². The number of benzene rings is 3. The van der Waals surface area contributed by atoms with E-state index in [1.165, 1.54) is 6.92 Å².